The van der Waals surface area contributed by atoms with Crippen molar-refractivity contribution in [1.82, 2.24) is 19.9 Å². The van der Waals surface area contributed by atoms with Crippen molar-refractivity contribution >= 4 is 17.2 Å². The molecule has 0 aliphatic rings. The number of thiazole rings is 1. The van der Waals surface area contributed by atoms with Crippen molar-refractivity contribution in [3.8, 4) is 0 Å². The van der Waals surface area contributed by atoms with Crippen molar-refractivity contribution in [3.63, 3.8) is 0 Å². The van der Waals surface area contributed by atoms with Gasteiger partial charge in [-0.2, -0.15) is 0 Å². The summed E-state index contributed by atoms with van der Waals surface area (Å²) in [6.45, 7) is 6.41. The van der Waals surface area contributed by atoms with Gasteiger partial charge in [-0.3, -0.25) is 14.2 Å². The second-order valence-electron chi connectivity index (χ2n) is 4.67. The first kappa shape index (κ1) is 15.4. The summed E-state index contributed by atoms with van der Waals surface area (Å²) in [7, 11) is 0. The van der Waals surface area contributed by atoms with Gasteiger partial charge in [-0.1, -0.05) is 6.92 Å². The molecule has 0 aliphatic heterocycles. The lowest BCUT2D eigenvalue weighted by molar-refractivity contribution is 0.0955. The summed E-state index contributed by atoms with van der Waals surface area (Å²) in [6, 6.07) is 1.53. The van der Waals surface area contributed by atoms with Crippen molar-refractivity contribution < 1.29 is 4.79 Å². The molecule has 0 aliphatic carbocycles. The van der Waals surface area contributed by atoms with E-state index < -0.39 is 0 Å². The van der Waals surface area contributed by atoms with E-state index >= 15 is 0 Å². The third-order valence-electron chi connectivity index (χ3n) is 3.05. The number of hydrogen-bond acceptors (Lipinski definition) is 5. The monoisotopic (exact) mass is 306 g/mol. The molecule has 0 saturated carbocycles. The van der Waals surface area contributed by atoms with Crippen LogP contribution in [0, 0.1) is 13.8 Å². The minimum Gasteiger partial charge on any atom is -0.349 e. The Labute approximate surface area is 126 Å². The van der Waals surface area contributed by atoms with Crippen molar-refractivity contribution in [2.45, 2.75) is 33.7 Å². The number of nitrogens with zero attached hydrogens (tertiary/aromatic N) is 3. The zero-order chi connectivity index (χ0) is 15.4. The Balaban J connectivity index is 1.94. The Bertz CT molecular complexity index is 705. The first-order chi connectivity index (χ1) is 10.0. The van der Waals surface area contributed by atoms with Crippen LogP contribution in [0.5, 0.6) is 0 Å². The van der Waals surface area contributed by atoms with Crippen LogP contribution in [0.4, 0.5) is 0 Å². The van der Waals surface area contributed by atoms with Crippen LogP contribution in [-0.2, 0) is 13.0 Å². The summed E-state index contributed by atoms with van der Waals surface area (Å²) < 4.78 is 1.49. The molecule has 0 atom stereocenters. The molecular weight excluding hydrogens is 288 g/mol. The van der Waals surface area contributed by atoms with E-state index in [1.807, 2.05) is 20.8 Å². The van der Waals surface area contributed by atoms with Crippen molar-refractivity contribution in [2.75, 3.05) is 6.54 Å². The first-order valence-corrected chi connectivity index (χ1v) is 7.60. The molecule has 21 heavy (non-hydrogen) atoms. The van der Waals surface area contributed by atoms with Gasteiger partial charge >= 0.3 is 0 Å². The lowest BCUT2D eigenvalue weighted by atomic mass is 10.3. The molecule has 0 aromatic carbocycles. The lowest BCUT2D eigenvalue weighted by Gasteiger charge is -2.07. The normalized spacial score (nSPS) is 10.6. The molecule has 0 unspecified atom stereocenters. The number of rotatable bonds is 5. The minimum absolute atomic E-state index is 0.0964. The quantitative estimate of drug-likeness (QED) is 0.903. The van der Waals surface area contributed by atoms with E-state index in [2.05, 4.69) is 15.3 Å². The highest BCUT2D eigenvalue weighted by Gasteiger charge is 2.13. The molecule has 2 aromatic heterocycles. The molecule has 6 nitrogen and oxygen atoms in total. The summed E-state index contributed by atoms with van der Waals surface area (Å²) in [5.74, 6) is -0.149. The number of carbonyl (C=O) groups is 1. The Hall–Kier alpha value is -2.02. The SMILES string of the molecule is CCc1cc(=O)n(CCNC(=O)c2sc(C)nc2C)cn1. The fraction of sp³-hybridized carbons (Fsp3) is 0.429. The molecule has 112 valence electrons. The van der Waals surface area contributed by atoms with E-state index in [4.69, 9.17) is 0 Å². The summed E-state index contributed by atoms with van der Waals surface area (Å²) in [5, 5.41) is 3.67. The van der Waals surface area contributed by atoms with E-state index in [0.29, 0.717) is 18.0 Å². The maximum Gasteiger partial charge on any atom is 0.263 e. The molecule has 2 aromatic rings. The molecule has 1 amide bonds. The molecule has 0 saturated heterocycles. The summed E-state index contributed by atoms with van der Waals surface area (Å²) in [4.78, 5) is 32.8. The first-order valence-electron chi connectivity index (χ1n) is 6.79. The molecule has 1 N–H and O–H groups in total. The zero-order valence-electron chi connectivity index (χ0n) is 12.3. The highest BCUT2D eigenvalue weighted by atomic mass is 32.1. The van der Waals surface area contributed by atoms with Crippen LogP contribution in [0.3, 0.4) is 0 Å². The van der Waals surface area contributed by atoms with Crippen LogP contribution in [-0.4, -0.2) is 27.0 Å². The Morgan fingerprint density at radius 1 is 1.43 bits per heavy atom. The lowest BCUT2D eigenvalue weighted by Crippen LogP contribution is -2.30. The molecular formula is C14H18N4O2S. The van der Waals surface area contributed by atoms with Crippen molar-refractivity contribution in [3.05, 3.63) is 44.0 Å². The number of carbonyl (C=O) groups excluding carboxylic acids is 1. The maximum atomic E-state index is 12.0. The maximum absolute atomic E-state index is 12.0. The molecule has 0 fully saturated rings. The van der Waals surface area contributed by atoms with E-state index in [9.17, 15) is 9.59 Å². The minimum atomic E-state index is -0.149. The van der Waals surface area contributed by atoms with Crippen LogP contribution < -0.4 is 10.9 Å². The average Bonchev–Trinajstić information content (AvgIpc) is 2.79. The molecule has 2 heterocycles. The van der Waals surface area contributed by atoms with Crippen LogP contribution in [0.2, 0.25) is 0 Å². The van der Waals surface area contributed by atoms with Gasteiger partial charge in [0.05, 0.1) is 17.0 Å². The highest BCUT2D eigenvalue weighted by molar-refractivity contribution is 7.13. The highest BCUT2D eigenvalue weighted by Crippen LogP contribution is 2.16. The molecule has 0 bridgehead atoms. The number of aryl methyl sites for hydroxylation is 3. The molecule has 0 radical (unpaired) electrons. The van der Waals surface area contributed by atoms with Gasteiger partial charge in [0, 0.05) is 24.8 Å². The number of hydrogen-bond donors (Lipinski definition) is 1. The van der Waals surface area contributed by atoms with Gasteiger partial charge in [0.2, 0.25) is 0 Å². The standard InChI is InChI=1S/C14H18N4O2S/c1-4-11-7-12(19)18(8-16-11)6-5-15-14(20)13-9(2)17-10(3)21-13/h7-8H,4-6H2,1-3H3,(H,15,20). The van der Waals surface area contributed by atoms with Crippen LogP contribution >= 0.6 is 11.3 Å². The third-order valence-corrected chi connectivity index (χ3v) is 4.12. The summed E-state index contributed by atoms with van der Waals surface area (Å²) in [6.07, 6.45) is 2.26. The predicted octanol–water partition coefficient (Wildman–Crippen LogP) is 1.31. The van der Waals surface area contributed by atoms with E-state index in [0.717, 1.165) is 22.8 Å². The number of aromatic nitrogens is 3. The fourth-order valence-corrected chi connectivity index (χ4v) is 2.77. The second-order valence-corrected chi connectivity index (χ2v) is 5.87. The van der Waals surface area contributed by atoms with Gasteiger partial charge in [-0.15, -0.1) is 11.3 Å². The van der Waals surface area contributed by atoms with Crippen LogP contribution in [0.25, 0.3) is 0 Å². The molecule has 7 heteroatoms. The van der Waals surface area contributed by atoms with Gasteiger partial charge in [-0.25, -0.2) is 9.97 Å². The smallest absolute Gasteiger partial charge is 0.263 e. The summed E-state index contributed by atoms with van der Waals surface area (Å²) in [5.41, 5.74) is 1.41. The number of amides is 1. The summed E-state index contributed by atoms with van der Waals surface area (Å²) >= 11 is 1.37. The Kier molecular flexibility index (Phi) is 4.85. The Morgan fingerprint density at radius 2 is 2.19 bits per heavy atom. The van der Waals surface area contributed by atoms with E-state index in [-0.39, 0.29) is 11.5 Å². The number of nitrogens with one attached hydrogen (secondary N) is 1. The van der Waals surface area contributed by atoms with Gasteiger partial charge in [-0.05, 0) is 20.3 Å². The Morgan fingerprint density at radius 3 is 2.76 bits per heavy atom. The van der Waals surface area contributed by atoms with Crippen molar-refractivity contribution in [1.29, 1.82) is 0 Å². The largest absolute Gasteiger partial charge is 0.349 e. The van der Waals surface area contributed by atoms with Gasteiger partial charge in [0.15, 0.2) is 0 Å². The van der Waals surface area contributed by atoms with Crippen LogP contribution in [0.15, 0.2) is 17.2 Å². The average molecular weight is 306 g/mol. The molecule has 2 rings (SSSR count). The topological polar surface area (TPSA) is 76.9 Å². The van der Waals surface area contributed by atoms with E-state index in [1.54, 1.807) is 0 Å². The third kappa shape index (κ3) is 3.75. The van der Waals surface area contributed by atoms with Crippen molar-refractivity contribution in [2.24, 2.45) is 0 Å². The fourth-order valence-electron chi connectivity index (χ4n) is 1.94. The zero-order valence-corrected chi connectivity index (χ0v) is 13.2. The van der Waals surface area contributed by atoms with E-state index in [1.165, 1.54) is 28.3 Å². The van der Waals surface area contributed by atoms with Gasteiger partial charge in [0.1, 0.15) is 4.88 Å². The molecule has 0 spiro atoms. The second kappa shape index (κ2) is 6.62. The van der Waals surface area contributed by atoms with Gasteiger partial charge in [0.25, 0.3) is 11.5 Å². The predicted molar refractivity (Wildman–Crippen MR) is 81.8 cm³/mol. The van der Waals surface area contributed by atoms with Crippen LogP contribution in [0.1, 0.15) is 33.0 Å². The van der Waals surface area contributed by atoms with Gasteiger partial charge < -0.3 is 5.32 Å².